The molecule has 1 aromatic carbocycles. The quantitative estimate of drug-likeness (QED) is 0.659. The Labute approximate surface area is 143 Å². The Balaban J connectivity index is 2.03. The number of azo groups is 1. The molecule has 0 spiro atoms. The van der Waals surface area contributed by atoms with Crippen LogP contribution in [0.5, 0.6) is 0 Å². The average molecular weight is 343 g/mol. The van der Waals surface area contributed by atoms with Gasteiger partial charge >= 0.3 is 5.97 Å². The molecule has 122 valence electrons. The molecule has 0 unspecified atom stereocenters. The highest BCUT2D eigenvalue weighted by Crippen LogP contribution is 2.26. The number of fused-ring (bicyclic) bond motifs is 1. The van der Waals surface area contributed by atoms with Crippen LogP contribution in [0.15, 0.2) is 52.8 Å². The Bertz CT molecular complexity index is 930. The van der Waals surface area contributed by atoms with Crippen LogP contribution in [0, 0.1) is 0 Å². The zero-order valence-corrected chi connectivity index (χ0v) is 13.9. The van der Waals surface area contributed by atoms with Crippen LogP contribution in [-0.4, -0.2) is 20.5 Å². The van der Waals surface area contributed by atoms with Crippen LogP contribution in [0.4, 0.5) is 11.5 Å². The van der Waals surface area contributed by atoms with E-state index >= 15 is 0 Å². The van der Waals surface area contributed by atoms with Crippen molar-refractivity contribution in [2.75, 3.05) is 0 Å². The summed E-state index contributed by atoms with van der Waals surface area (Å²) in [6, 6.07) is 10.9. The van der Waals surface area contributed by atoms with E-state index in [1.54, 1.807) is 18.3 Å². The lowest BCUT2D eigenvalue weighted by atomic mass is 10.0. The van der Waals surface area contributed by atoms with E-state index in [2.05, 4.69) is 29.1 Å². The molecule has 0 aliphatic carbocycles. The minimum atomic E-state index is -1.17. The molecule has 0 aliphatic heterocycles. The summed E-state index contributed by atoms with van der Waals surface area (Å²) in [7, 11) is 0. The molecular weight excluding hydrogens is 328 g/mol. The average Bonchev–Trinajstić information content (AvgIpc) is 2.91. The molecule has 7 heteroatoms. The molecule has 0 radical (unpaired) electrons. The number of aromatic carboxylic acids is 1. The van der Waals surface area contributed by atoms with Crippen LogP contribution in [0.2, 0.25) is 5.02 Å². The van der Waals surface area contributed by atoms with Crippen LogP contribution in [-0.2, 0) is 0 Å². The lowest BCUT2D eigenvalue weighted by molar-refractivity contribution is 0.0692. The van der Waals surface area contributed by atoms with Crippen LogP contribution in [0.3, 0.4) is 0 Å². The van der Waals surface area contributed by atoms with Crippen LogP contribution < -0.4 is 0 Å². The van der Waals surface area contributed by atoms with Crippen molar-refractivity contribution in [1.29, 1.82) is 0 Å². The maximum atomic E-state index is 11.4. The molecular formula is C17H15ClN4O2. The predicted molar refractivity (Wildman–Crippen MR) is 91.9 cm³/mol. The van der Waals surface area contributed by atoms with Gasteiger partial charge in [0.25, 0.3) is 0 Å². The number of carbonyl (C=O) groups is 1. The number of nitrogens with zero attached hydrogens (tertiary/aromatic N) is 4. The van der Waals surface area contributed by atoms with Gasteiger partial charge in [-0.05, 0) is 35.7 Å². The second-order valence-corrected chi connectivity index (χ2v) is 6.05. The maximum Gasteiger partial charge on any atom is 0.358 e. The van der Waals surface area contributed by atoms with Crippen molar-refractivity contribution in [3.8, 4) is 0 Å². The zero-order chi connectivity index (χ0) is 17.3. The van der Waals surface area contributed by atoms with Gasteiger partial charge in [-0.2, -0.15) is 0 Å². The molecule has 0 saturated heterocycles. The van der Waals surface area contributed by atoms with Gasteiger partial charge in [0.1, 0.15) is 5.65 Å². The number of hydrogen-bond acceptors (Lipinski definition) is 4. The molecule has 0 saturated carbocycles. The number of carboxylic acids is 1. The highest BCUT2D eigenvalue weighted by atomic mass is 35.5. The summed E-state index contributed by atoms with van der Waals surface area (Å²) in [4.78, 5) is 15.5. The highest BCUT2D eigenvalue weighted by Gasteiger charge is 2.18. The monoisotopic (exact) mass is 342 g/mol. The van der Waals surface area contributed by atoms with Crippen molar-refractivity contribution in [3.05, 3.63) is 58.9 Å². The number of halogens is 1. The van der Waals surface area contributed by atoms with E-state index in [1.165, 1.54) is 9.96 Å². The molecule has 24 heavy (non-hydrogen) atoms. The number of hydrogen-bond donors (Lipinski definition) is 1. The molecule has 0 amide bonds. The maximum absolute atomic E-state index is 11.4. The minimum absolute atomic E-state index is 0.132. The lowest BCUT2D eigenvalue weighted by Gasteiger charge is -2.04. The molecule has 2 heterocycles. The van der Waals surface area contributed by atoms with E-state index in [4.69, 9.17) is 11.6 Å². The van der Waals surface area contributed by atoms with Gasteiger partial charge in [0.2, 0.25) is 0 Å². The second-order valence-electron chi connectivity index (χ2n) is 5.61. The molecule has 3 aromatic rings. The van der Waals surface area contributed by atoms with Gasteiger partial charge in [0, 0.05) is 6.20 Å². The Hall–Kier alpha value is -2.73. The standard InChI is InChI=1S/C17H15ClN4O2/c1-10(2)11-3-6-13(7-4-11)20-21-16-15(17(23)24)19-14-8-5-12(18)9-22(14)16/h3-10H,1-2H3,(H,23,24). The largest absolute Gasteiger partial charge is 0.476 e. The molecule has 1 N–H and O–H groups in total. The van der Waals surface area contributed by atoms with Gasteiger partial charge in [-0.1, -0.05) is 37.6 Å². The fraction of sp³-hybridized carbons (Fsp3) is 0.176. The first kappa shape index (κ1) is 16.1. The lowest BCUT2D eigenvalue weighted by Crippen LogP contribution is -1.96. The third kappa shape index (κ3) is 3.14. The smallest absolute Gasteiger partial charge is 0.358 e. The molecule has 0 aliphatic rings. The molecule has 0 bridgehead atoms. The van der Waals surface area contributed by atoms with Crippen LogP contribution in [0.25, 0.3) is 5.65 Å². The number of rotatable bonds is 4. The van der Waals surface area contributed by atoms with Crippen molar-refractivity contribution < 1.29 is 9.90 Å². The van der Waals surface area contributed by atoms with Crippen molar-refractivity contribution in [3.63, 3.8) is 0 Å². The van der Waals surface area contributed by atoms with Gasteiger partial charge in [-0.25, -0.2) is 9.78 Å². The van der Waals surface area contributed by atoms with E-state index in [9.17, 15) is 9.90 Å². The van der Waals surface area contributed by atoms with Gasteiger partial charge < -0.3 is 5.11 Å². The van der Waals surface area contributed by atoms with Crippen molar-refractivity contribution in [2.24, 2.45) is 10.2 Å². The van der Waals surface area contributed by atoms with Gasteiger partial charge in [0.15, 0.2) is 11.5 Å². The Kier molecular flexibility index (Phi) is 4.31. The third-order valence-corrected chi connectivity index (χ3v) is 3.80. The zero-order valence-electron chi connectivity index (χ0n) is 13.1. The molecule has 2 aromatic heterocycles. The summed E-state index contributed by atoms with van der Waals surface area (Å²) in [6.07, 6.45) is 1.56. The first-order valence-electron chi connectivity index (χ1n) is 7.38. The van der Waals surface area contributed by atoms with E-state index in [0.717, 1.165) is 0 Å². The first-order valence-corrected chi connectivity index (χ1v) is 7.76. The topological polar surface area (TPSA) is 79.3 Å². The van der Waals surface area contributed by atoms with Crippen molar-refractivity contribution >= 4 is 34.7 Å². The predicted octanol–water partition coefficient (Wildman–Crippen LogP) is 5.22. The Morgan fingerprint density at radius 2 is 1.88 bits per heavy atom. The summed E-state index contributed by atoms with van der Waals surface area (Å²) in [5.74, 6) is -0.609. The van der Waals surface area contributed by atoms with Gasteiger partial charge in [-0.15, -0.1) is 10.2 Å². The summed E-state index contributed by atoms with van der Waals surface area (Å²) >= 11 is 5.98. The molecule has 3 rings (SSSR count). The molecule has 6 nitrogen and oxygen atoms in total. The fourth-order valence-electron chi connectivity index (χ4n) is 2.28. The minimum Gasteiger partial charge on any atom is -0.476 e. The fourth-order valence-corrected chi connectivity index (χ4v) is 2.44. The summed E-state index contributed by atoms with van der Waals surface area (Å²) < 4.78 is 1.51. The van der Waals surface area contributed by atoms with Gasteiger partial charge in [0.05, 0.1) is 10.7 Å². The summed E-state index contributed by atoms with van der Waals surface area (Å²) in [6.45, 7) is 4.22. The normalized spacial score (nSPS) is 11.7. The second kappa shape index (κ2) is 6.41. The van der Waals surface area contributed by atoms with Crippen LogP contribution in [0.1, 0.15) is 35.8 Å². The van der Waals surface area contributed by atoms with E-state index in [0.29, 0.717) is 22.3 Å². The summed E-state index contributed by atoms with van der Waals surface area (Å²) in [5.41, 5.74) is 2.11. The number of benzene rings is 1. The van der Waals surface area contributed by atoms with E-state index in [1.807, 2.05) is 24.3 Å². The summed E-state index contributed by atoms with van der Waals surface area (Å²) in [5, 5.41) is 18.0. The third-order valence-electron chi connectivity index (χ3n) is 3.58. The Morgan fingerprint density at radius 3 is 2.50 bits per heavy atom. The number of carboxylic acid groups (broad SMARTS) is 1. The number of aromatic nitrogens is 2. The number of imidazole rings is 1. The van der Waals surface area contributed by atoms with Crippen molar-refractivity contribution in [2.45, 2.75) is 19.8 Å². The molecule has 0 atom stereocenters. The van der Waals surface area contributed by atoms with E-state index < -0.39 is 5.97 Å². The van der Waals surface area contributed by atoms with Gasteiger partial charge in [-0.3, -0.25) is 4.40 Å². The number of pyridine rings is 1. The highest BCUT2D eigenvalue weighted by molar-refractivity contribution is 6.30. The SMILES string of the molecule is CC(C)c1ccc(N=Nc2c(C(=O)O)nc3ccc(Cl)cn23)cc1. The Morgan fingerprint density at radius 1 is 1.17 bits per heavy atom. The van der Waals surface area contributed by atoms with E-state index in [-0.39, 0.29) is 11.5 Å². The van der Waals surface area contributed by atoms with Crippen molar-refractivity contribution in [1.82, 2.24) is 9.38 Å². The molecule has 0 fully saturated rings. The first-order chi connectivity index (χ1) is 11.5. The van der Waals surface area contributed by atoms with Crippen LogP contribution >= 0.6 is 11.6 Å².